The first-order valence-corrected chi connectivity index (χ1v) is 6.25. The van der Waals surface area contributed by atoms with Crippen molar-refractivity contribution in [2.75, 3.05) is 26.2 Å². The highest BCUT2D eigenvalue weighted by atomic mass is 15.1. The van der Waals surface area contributed by atoms with Crippen LogP contribution in [0.2, 0.25) is 0 Å². The molecule has 1 rings (SSSR count). The molecule has 1 aliphatic rings. The first kappa shape index (κ1) is 12.0. The molecule has 0 spiro atoms. The van der Waals surface area contributed by atoms with Gasteiger partial charge >= 0.3 is 0 Å². The van der Waals surface area contributed by atoms with Crippen molar-refractivity contribution in [2.24, 2.45) is 11.7 Å². The molecule has 0 aromatic carbocycles. The van der Waals surface area contributed by atoms with Crippen molar-refractivity contribution in [1.82, 2.24) is 4.90 Å². The van der Waals surface area contributed by atoms with Crippen LogP contribution in [0.1, 0.15) is 45.4 Å². The van der Waals surface area contributed by atoms with Gasteiger partial charge in [0, 0.05) is 0 Å². The fourth-order valence-electron chi connectivity index (χ4n) is 2.20. The molecule has 1 unspecified atom stereocenters. The van der Waals surface area contributed by atoms with Crippen molar-refractivity contribution in [1.29, 1.82) is 0 Å². The summed E-state index contributed by atoms with van der Waals surface area (Å²) in [5, 5.41) is 0. The lowest BCUT2D eigenvalue weighted by Crippen LogP contribution is -2.26. The Morgan fingerprint density at radius 1 is 1.14 bits per heavy atom. The number of nitrogens with zero attached hydrogens (tertiary/aromatic N) is 1. The summed E-state index contributed by atoms with van der Waals surface area (Å²) < 4.78 is 0. The van der Waals surface area contributed by atoms with Gasteiger partial charge in [-0.15, -0.1) is 0 Å². The number of hydrogen-bond acceptors (Lipinski definition) is 2. The molecule has 2 nitrogen and oxygen atoms in total. The Morgan fingerprint density at radius 3 is 2.79 bits per heavy atom. The molecule has 1 aliphatic heterocycles. The van der Waals surface area contributed by atoms with Crippen LogP contribution in [-0.4, -0.2) is 31.1 Å². The molecule has 84 valence electrons. The largest absolute Gasteiger partial charge is 0.330 e. The van der Waals surface area contributed by atoms with Crippen LogP contribution in [0.25, 0.3) is 0 Å². The zero-order valence-electron chi connectivity index (χ0n) is 9.67. The molecular formula is C12H26N2. The van der Waals surface area contributed by atoms with Crippen LogP contribution < -0.4 is 5.73 Å². The third-order valence-electron chi connectivity index (χ3n) is 3.29. The minimum absolute atomic E-state index is 0.858. The highest BCUT2D eigenvalue weighted by Gasteiger charge is 2.12. The first-order valence-electron chi connectivity index (χ1n) is 6.25. The van der Waals surface area contributed by atoms with Crippen molar-refractivity contribution < 1.29 is 0 Å². The highest BCUT2D eigenvalue weighted by molar-refractivity contribution is 4.67. The van der Waals surface area contributed by atoms with Gasteiger partial charge in [-0.2, -0.15) is 0 Å². The molecule has 1 heterocycles. The van der Waals surface area contributed by atoms with E-state index < -0.39 is 0 Å². The van der Waals surface area contributed by atoms with Gasteiger partial charge in [-0.25, -0.2) is 0 Å². The number of likely N-dealkylation sites (tertiary alicyclic amines) is 1. The lowest BCUT2D eigenvalue weighted by molar-refractivity contribution is 0.275. The summed E-state index contributed by atoms with van der Waals surface area (Å²) in [6.45, 7) is 7.19. The topological polar surface area (TPSA) is 29.3 Å². The molecule has 0 radical (unpaired) electrons. The number of unbranched alkanes of at least 4 members (excludes halogenated alkanes) is 2. The van der Waals surface area contributed by atoms with E-state index in [9.17, 15) is 0 Å². The van der Waals surface area contributed by atoms with Crippen LogP contribution in [0.4, 0.5) is 0 Å². The Balaban J connectivity index is 2.05. The predicted molar refractivity (Wildman–Crippen MR) is 62.4 cm³/mol. The second-order valence-electron chi connectivity index (χ2n) is 4.73. The summed E-state index contributed by atoms with van der Waals surface area (Å²) in [7, 11) is 0. The minimum atomic E-state index is 0.858. The lowest BCUT2D eigenvalue weighted by Gasteiger charge is -2.19. The Kier molecular flexibility index (Phi) is 6.20. The highest BCUT2D eigenvalue weighted by Crippen LogP contribution is 2.16. The van der Waals surface area contributed by atoms with Crippen LogP contribution >= 0.6 is 0 Å². The molecule has 0 aliphatic carbocycles. The third-order valence-corrected chi connectivity index (χ3v) is 3.29. The molecule has 1 fully saturated rings. The summed E-state index contributed by atoms with van der Waals surface area (Å²) in [6.07, 6.45) is 8.08. The number of hydrogen-bond donors (Lipinski definition) is 1. The van der Waals surface area contributed by atoms with E-state index >= 15 is 0 Å². The van der Waals surface area contributed by atoms with Crippen molar-refractivity contribution in [2.45, 2.75) is 45.4 Å². The van der Waals surface area contributed by atoms with Gasteiger partial charge in [0.15, 0.2) is 0 Å². The van der Waals surface area contributed by atoms with E-state index in [1.54, 1.807) is 0 Å². The Bertz CT molecular complexity index is 136. The monoisotopic (exact) mass is 198 g/mol. The maximum absolute atomic E-state index is 5.48. The first-order chi connectivity index (χ1) is 6.83. The summed E-state index contributed by atoms with van der Waals surface area (Å²) in [6, 6.07) is 0. The van der Waals surface area contributed by atoms with Crippen LogP contribution in [0.5, 0.6) is 0 Å². The van der Waals surface area contributed by atoms with E-state index in [0.29, 0.717) is 0 Å². The van der Waals surface area contributed by atoms with Gasteiger partial charge < -0.3 is 10.6 Å². The second kappa shape index (κ2) is 7.24. The molecule has 1 saturated heterocycles. The van der Waals surface area contributed by atoms with E-state index in [4.69, 9.17) is 5.73 Å². The molecule has 0 amide bonds. The van der Waals surface area contributed by atoms with Crippen molar-refractivity contribution >= 4 is 0 Å². The van der Waals surface area contributed by atoms with Gasteiger partial charge in [-0.05, 0) is 64.2 Å². The zero-order chi connectivity index (χ0) is 10.2. The Hall–Kier alpha value is -0.0800. The second-order valence-corrected chi connectivity index (χ2v) is 4.73. The molecule has 0 aromatic rings. The fraction of sp³-hybridized carbons (Fsp3) is 1.00. The van der Waals surface area contributed by atoms with Gasteiger partial charge in [0.2, 0.25) is 0 Å². The molecule has 0 bridgehead atoms. The van der Waals surface area contributed by atoms with Gasteiger partial charge in [-0.3, -0.25) is 0 Å². The third kappa shape index (κ3) is 4.97. The predicted octanol–water partition coefficient (Wildman–Crippen LogP) is 2.24. The van der Waals surface area contributed by atoms with E-state index in [-0.39, 0.29) is 0 Å². The maximum Gasteiger partial charge on any atom is -0.00162 e. The van der Waals surface area contributed by atoms with Gasteiger partial charge in [0.05, 0.1) is 0 Å². The summed E-state index contributed by atoms with van der Waals surface area (Å²) in [4.78, 5) is 2.64. The summed E-state index contributed by atoms with van der Waals surface area (Å²) >= 11 is 0. The standard InChI is InChI=1S/C12H26N2/c1-12-6-5-10-14(11-7-12)9-4-2-3-8-13/h12H,2-11,13H2,1H3. The molecule has 0 saturated carbocycles. The van der Waals surface area contributed by atoms with E-state index in [1.165, 1.54) is 58.2 Å². The normalized spacial score (nSPS) is 24.9. The molecular weight excluding hydrogens is 172 g/mol. The van der Waals surface area contributed by atoms with Crippen LogP contribution in [0.15, 0.2) is 0 Å². The lowest BCUT2D eigenvalue weighted by atomic mass is 10.0. The van der Waals surface area contributed by atoms with Crippen molar-refractivity contribution in [3.8, 4) is 0 Å². The SMILES string of the molecule is CC1CCCN(CCCCCN)CC1. The summed E-state index contributed by atoms with van der Waals surface area (Å²) in [5.41, 5.74) is 5.48. The maximum atomic E-state index is 5.48. The smallest absolute Gasteiger partial charge is 0.00162 e. The fourth-order valence-corrected chi connectivity index (χ4v) is 2.20. The van der Waals surface area contributed by atoms with Crippen LogP contribution in [-0.2, 0) is 0 Å². The number of rotatable bonds is 5. The Morgan fingerprint density at radius 2 is 2.00 bits per heavy atom. The molecule has 2 N–H and O–H groups in total. The van der Waals surface area contributed by atoms with Crippen molar-refractivity contribution in [3.05, 3.63) is 0 Å². The quantitative estimate of drug-likeness (QED) is 0.686. The van der Waals surface area contributed by atoms with Gasteiger partial charge in [-0.1, -0.05) is 13.3 Å². The molecule has 14 heavy (non-hydrogen) atoms. The van der Waals surface area contributed by atoms with Crippen LogP contribution in [0.3, 0.4) is 0 Å². The molecule has 1 atom stereocenters. The average molecular weight is 198 g/mol. The molecule has 0 aromatic heterocycles. The number of nitrogens with two attached hydrogens (primary N) is 1. The Labute approximate surface area is 88.8 Å². The van der Waals surface area contributed by atoms with Crippen LogP contribution in [0, 0.1) is 5.92 Å². The van der Waals surface area contributed by atoms with E-state index in [0.717, 1.165) is 12.5 Å². The minimum Gasteiger partial charge on any atom is -0.330 e. The van der Waals surface area contributed by atoms with E-state index in [2.05, 4.69) is 11.8 Å². The van der Waals surface area contributed by atoms with E-state index in [1.807, 2.05) is 0 Å². The van der Waals surface area contributed by atoms with Gasteiger partial charge in [0.25, 0.3) is 0 Å². The average Bonchev–Trinajstić information content (AvgIpc) is 2.38. The molecule has 2 heteroatoms. The van der Waals surface area contributed by atoms with Gasteiger partial charge in [0.1, 0.15) is 0 Å². The zero-order valence-corrected chi connectivity index (χ0v) is 9.67. The van der Waals surface area contributed by atoms with Crippen molar-refractivity contribution in [3.63, 3.8) is 0 Å². The summed E-state index contributed by atoms with van der Waals surface area (Å²) in [5.74, 6) is 0.948.